The average molecular weight is 382 g/mol. The number of aliphatic carboxylic acids is 1. The number of piperidine rings is 1. The van der Waals surface area contributed by atoms with Crippen molar-refractivity contribution >= 4 is 29.2 Å². The first-order chi connectivity index (χ1) is 13.0. The van der Waals surface area contributed by atoms with E-state index < -0.39 is 5.97 Å². The molecule has 4 nitrogen and oxygen atoms in total. The van der Waals surface area contributed by atoms with Crippen molar-refractivity contribution in [2.45, 2.75) is 12.8 Å². The molecule has 27 heavy (non-hydrogen) atoms. The van der Waals surface area contributed by atoms with E-state index in [0.29, 0.717) is 10.9 Å². The van der Waals surface area contributed by atoms with Crippen LogP contribution in [0.2, 0.25) is 5.02 Å². The van der Waals surface area contributed by atoms with Gasteiger partial charge < -0.3 is 15.1 Å². The van der Waals surface area contributed by atoms with E-state index in [1.54, 1.807) is 12.1 Å². The summed E-state index contributed by atoms with van der Waals surface area (Å²) in [5, 5.41) is 19.7. The van der Waals surface area contributed by atoms with Gasteiger partial charge in [0.25, 0.3) is 0 Å². The molecule has 0 aromatic heterocycles. The second kappa shape index (κ2) is 7.12. The molecular formula is C22H20ClNO3. The smallest absolute Gasteiger partial charge is 0.328 e. The highest BCUT2D eigenvalue weighted by molar-refractivity contribution is 6.33. The monoisotopic (exact) mass is 381 g/mol. The Bertz CT molecular complexity index is 956. The Morgan fingerprint density at radius 1 is 1.11 bits per heavy atom. The molecule has 0 spiro atoms. The molecule has 2 aromatic rings. The third-order valence-electron chi connectivity index (χ3n) is 5.32. The van der Waals surface area contributed by atoms with Crippen LogP contribution in [0, 0.1) is 5.92 Å². The number of fused-ring (bicyclic) bond motifs is 2. The Morgan fingerprint density at radius 2 is 1.89 bits per heavy atom. The second-order valence-corrected chi connectivity index (χ2v) is 7.44. The molecule has 0 atom stereocenters. The summed E-state index contributed by atoms with van der Waals surface area (Å²) in [6.07, 6.45) is 7.03. The van der Waals surface area contributed by atoms with Crippen LogP contribution in [0.25, 0.3) is 22.8 Å². The minimum absolute atomic E-state index is 0.288. The predicted octanol–water partition coefficient (Wildman–Crippen LogP) is 4.88. The number of rotatable bonds is 4. The zero-order valence-corrected chi connectivity index (χ0v) is 15.5. The highest BCUT2D eigenvalue weighted by atomic mass is 35.5. The highest BCUT2D eigenvalue weighted by Gasteiger charge is 2.29. The molecule has 2 bridgehead atoms. The van der Waals surface area contributed by atoms with E-state index in [0.717, 1.165) is 54.3 Å². The van der Waals surface area contributed by atoms with Crippen LogP contribution in [-0.4, -0.2) is 34.2 Å². The molecule has 3 heterocycles. The van der Waals surface area contributed by atoms with Crippen molar-refractivity contribution in [2.24, 2.45) is 5.92 Å². The number of hydrogen-bond donors (Lipinski definition) is 2. The summed E-state index contributed by atoms with van der Waals surface area (Å²) >= 11 is 6.45. The molecule has 3 aliphatic heterocycles. The number of aromatic hydroxyl groups is 1. The van der Waals surface area contributed by atoms with Gasteiger partial charge in [0, 0.05) is 41.5 Å². The van der Waals surface area contributed by atoms with E-state index in [9.17, 15) is 9.90 Å². The Hall–Kier alpha value is -2.72. The molecular weight excluding hydrogens is 362 g/mol. The van der Waals surface area contributed by atoms with Gasteiger partial charge in [-0.1, -0.05) is 29.8 Å². The molecule has 2 N–H and O–H groups in total. The van der Waals surface area contributed by atoms with Gasteiger partial charge in [0.15, 0.2) is 0 Å². The Kier molecular flexibility index (Phi) is 4.66. The Labute approximate surface area is 163 Å². The van der Waals surface area contributed by atoms with Crippen molar-refractivity contribution in [3.05, 3.63) is 64.8 Å². The van der Waals surface area contributed by atoms with Crippen molar-refractivity contribution in [2.75, 3.05) is 13.1 Å². The van der Waals surface area contributed by atoms with E-state index in [-0.39, 0.29) is 5.75 Å². The number of halogens is 1. The van der Waals surface area contributed by atoms with Crippen molar-refractivity contribution in [1.29, 1.82) is 0 Å². The van der Waals surface area contributed by atoms with Crippen molar-refractivity contribution < 1.29 is 15.0 Å². The van der Waals surface area contributed by atoms with Gasteiger partial charge in [0.05, 0.1) is 0 Å². The minimum atomic E-state index is -0.996. The maximum Gasteiger partial charge on any atom is 0.328 e. The van der Waals surface area contributed by atoms with Gasteiger partial charge >= 0.3 is 5.97 Å². The SMILES string of the molecule is O=C(O)C=Cc1ccc(-c2ccc(O)c(C3=CN4CCC3CC4)c2)c(Cl)c1. The third kappa shape index (κ3) is 3.58. The molecule has 1 fully saturated rings. The molecule has 5 rings (SSSR count). The van der Waals surface area contributed by atoms with Gasteiger partial charge in [-0.2, -0.15) is 0 Å². The zero-order valence-electron chi connectivity index (χ0n) is 14.7. The number of allylic oxidation sites excluding steroid dienone is 1. The molecule has 2 aromatic carbocycles. The predicted molar refractivity (Wildman–Crippen MR) is 107 cm³/mol. The van der Waals surface area contributed by atoms with E-state index in [1.807, 2.05) is 24.3 Å². The minimum Gasteiger partial charge on any atom is -0.507 e. The Balaban J connectivity index is 1.70. The van der Waals surface area contributed by atoms with Crippen molar-refractivity contribution in [3.8, 4) is 16.9 Å². The number of carboxylic acid groups (broad SMARTS) is 1. The first kappa shape index (κ1) is 17.7. The van der Waals surface area contributed by atoms with Gasteiger partial charge in [-0.25, -0.2) is 4.79 Å². The Morgan fingerprint density at radius 3 is 2.52 bits per heavy atom. The van der Waals surface area contributed by atoms with Crippen LogP contribution in [-0.2, 0) is 4.79 Å². The van der Waals surface area contributed by atoms with Crippen LogP contribution in [0.1, 0.15) is 24.0 Å². The summed E-state index contributed by atoms with van der Waals surface area (Å²) in [4.78, 5) is 13.0. The second-order valence-electron chi connectivity index (χ2n) is 7.04. The molecule has 0 amide bonds. The van der Waals surface area contributed by atoms with Gasteiger partial charge in [-0.05, 0) is 59.7 Å². The standard InChI is InChI=1S/C22H20ClNO3/c23-20-11-14(2-6-22(26)27)1-4-17(20)16-3-5-21(25)18(12-16)19-13-24-9-7-15(19)8-10-24/h1-6,11-13,15,25H,7-10H2,(H,26,27). The summed E-state index contributed by atoms with van der Waals surface area (Å²) in [6.45, 7) is 2.18. The molecule has 1 saturated heterocycles. The van der Waals surface area contributed by atoms with Gasteiger partial charge in [0.1, 0.15) is 5.75 Å². The number of carbonyl (C=O) groups is 1. The van der Waals surface area contributed by atoms with Crippen molar-refractivity contribution in [1.82, 2.24) is 4.90 Å². The van der Waals surface area contributed by atoms with Gasteiger partial charge in [-0.3, -0.25) is 0 Å². The summed E-state index contributed by atoms with van der Waals surface area (Å²) in [7, 11) is 0. The van der Waals surface area contributed by atoms with Crippen LogP contribution in [0.15, 0.2) is 48.7 Å². The van der Waals surface area contributed by atoms with E-state index >= 15 is 0 Å². The van der Waals surface area contributed by atoms with Gasteiger partial charge in [-0.15, -0.1) is 0 Å². The summed E-state index contributed by atoms with van der Waals surface area (Å²) in [5.74, 6) is -0.213. The molecule has 0 aliphatic carbocycles. The lowest BCUT2D eigenvalue weighted by molar-refractivity contribution is -0.131. The summed E-state index contributed by atoms with van der Waals surface area (Å²) in [5.41, 5.74) is 4.58. The normalized spacial score (nSPS) is 16.8. The van der Waals surface area contributed by atoms with E-state index in [2.05, 4.69) is 11.1 Å². The fraction of sp³-hybridized carbons (Fsp3) is 0.227. The number of phenolic OH excluding ortho intramolecular Hbond substituents is 1. The highest BCUT2D eigenvalue weighted by Crippen LogP contribution is 2.42. The summed E-state index contributed by atoms with van der Waals surface area (Å²) in [6, 6.07) is 11.0. The topological polar surface area (TPSA) is 60.8 Å². The largest absolute Gasteiger partial charge is 0.507 e. The zero-order chi connectivity index (χ0) is 19.0. The number of carboxylic acids is 1. The maximum atomic E-state index is 10.7. The first-order valence-corrected chi connectivity index (χ1v) is 9.39. The molecule has 0 unspecified atom stereocenters. The van der Waals surface area contributed by atoms with Crippen LogP contribution >= 0.6 is 11.6 Å². The molecule has 0 saturated carbocycles. The third-order valence-corrected chi connectivity index (χ3v) is 5.63. The fourth-order valence-corrected chi connectivity index (χ4v) is 4.20. The summed E-state index contributed by atoms with van der Waals surface area (Å²) < 4.78 is 0. The first-order valence-electron chi connectivity index (χ1n) is 9.01. The lowest BCUT2D eigenvalue weighted by Gasteiger charge is -2.39. The number of phenols is 1. The van der Waals surface area contributed by atoms with Crippen molar-refractivity contribution in [3.63, 3.8) is 0 Å². The molecule has 0 radical (unpaired) electrons. The van der Waals surface area contributed by atoms with Crippen LogP contribution in [0.5, 0.6) is 5.75 Å². The lowest BCUT2D eigenvalue weighted by atomic mass is 9.81. The van der Waals surface area contributed by atoms with Crippen LogP contribution in [0.3, 0.4) is 0 Å². The average Bonchev–Trinajstić information content (AvgIpc) is 2.68. The molecule has 5 heteroatoms. The van der Waals surface area contributed by atoms with Gasteiger partial charge in [0.2, 0.25) is 0 Å². The number of nitrogens with zero attached hydrogens (tertiary/aromatic N) is 1. The van der Waals surface area contributed by atoms with Crippen LogP contribution < -0.4 is 0 Å². The lowest BCUT2D eigenvalue weighted by Crippen LogP contribution is -2.35. The quantitative estimate of drug-likeness (QED) is 0.741. The maximum absolute atomic E-state index is 10.7. The molecule has 138 valence electrons. The molecule has 3 aliphatic rings. The van der Waals surface area contributed by atoms with E-state index in [1.165, 1.54) is 11.6 Å². The number of benzene rings is 2. The van der Waals surface area contributed by atoms with E-state index in [4.69, 9.17) is 16.7 Å². The number of hydrogen-bond acceptors (Lipinski definition) is 3. The fourth-order valence-electron chi connectivity index (χ4n) is 3.90. The van der Waals surface area contributed by atoms with Crippen LogP contribution in [0.4, 0.5) is 0 Å².